The van der Waals surface area contributed by atoms with Crippen LogP contribution in [0.4, 0.5) is 5.69 Å². The number of nitriles is 2. The Morgan fingerprint density at radius 1 is 1.41 bits per heavy atom. The Labute approximate surface area is 113 Å². The van der Waals surface area contributed by atoms with Gasteiger partial charge in [0.25, 0.3) is 0 Å². The van der Waals surface area contributed by atoms with Gasteiger partial charge < -0.3 is 5.32 Å². The quantitative estimate of drug-likeness (QED) is 0.838. The molecule has 0 aliphatic carbocycles. The zero-order chi connectivity index (χ0) is 13.0. The fraction of sp³-hybridized carbons (Fsp3) is 0.167. The number of benzene rings is 1. The van der Waals surface area contributed by atoms with Crippen molar-refractivity contribution in [1.29, 1.82) is 10.5 Å². The van der Waals surface area contributed by atoms with Gasteiger partial charge in [-0.3, -0.25) is 0 Å². The number of hydrogen-bond donors (Lipinski definition) is 1. The largest absolute Gasteiger partial charge is 0.358 e. The number of nitrogens with one attached hydrogen (secondary N) is 1. The average Bonchev–Trinajstić information content (AvgIpc) is 2.31. The second kappa shape index (κ2) is 5.72. The molecule has 86 valence electrons. The van der Waals surface area contributed by atoms with Crippen molar-refractivity contribution in [2.75, 3.05) is 5.32 Å². The Morgan fingerprint density at radius 3 is 2.53 bits per heavy atom. The number of hydrogen-bond acceptors (Lipinski definition) is 3. The SMILES string of the molecule is Cc1cc(Cl)c(NC=C(C#N)C#N)c(Br)c1C. The van der Waals surface area contributed by atoms with Crippen LogP contribution < -0.4 is 5.32 Å². The van der Waals surface area contributed by atoms with Crippen molar-refractivity contribution in [2.45, 2.75) is 13.8 Å². The summed E-state index contributed by atoms with van der Waals surface area (Å²) < 4.78 is 0.828. The van der Waals surface area contributed by atoms with Gasteiger partial charge in [0.2, 0.25) is 0 Å². The predicted octanol–water partition coefficient (Wildman–Crippen LogP) is 4.06. The molecule has 0 unspecified atom stereocenters. The predicted molar refractivity (Wildman–Crippen MR) is 71.6 cm³/mol. The van der Waals surface area contributed by atoms with Crippen LogP contribution in [0.15, 0.2) is 22.3 Å². The van der Waals surface area contributed by atoms with Crippen molar-refractivity contribution in [2.24, 2.45) is 0 Å². The summed E-state index contributed by atoms with van der Waals surface area (Å²) in [4.78, 5) is 0. The van der Waals surface area contributed by atoms with Gasteiger partial charge in [-0.1, -0.05) is 11.6 Å². The molecule has 0 aliphatic heterocycles. The highest BCUT2D eigenvalue weighted by Gasteiger charge is 2.09. The maximum absolute atomic E-state index is 8.62. The van der Waals surface area contributed by atoms with Crippen LogP contribution in [-0.2, 0) is 0 Å². The zero-order valence-electron chi connectivity index (χ0n) is 9.31. The average molecular weight is 311 g/mol. The van der Waals surface area contributed by atoms with E-state index in [9.17, 15) is 0 Å². The number of anilines is 1. The number of rotatable bonds is 2. The Morgan fingerprint density at radius 2 is 2.00 bits per heavy atom. The van der Waals surface area contributed by atoms with Gasteiger partial charge >= 0.3 is 0 Å². The molecule has 0 aromatic heterocycles. The lowest BCUT2D eigenvalue weighted by Crippen LogP contribution is -1.95. The molecule has 0 spiro atoms. The zero-order valence-corrected chi connectivity index (χ0v) is 11.6. The minimum atomic E-state index is -0.00815. The molecule has 17 heavy (non-hydrogen) atoms. The van der Waals surface area contributed by atoms with Crippen LogP contribution in [-0.4, -0.2) is 0 Å². The topological polar surface area (TPSA) is 59.6 Å². The summed E-state index contributed by atoms with van der Waals surface area (Å²) in [6.07, 6.45) is 1.33. The minimum absolute atomic E-state index is 0.00815. The monoisotopic (exact) mass is 309 g/mol. The van der Waals surface area contributed by atoms with Gasteiger partial charge in [0.05, 0.1) is 10.7 Å². The van der Waals surface area contributed by atoms with Gasteiger partial charge in [-0.25, -0.2) is 0 Å². The van der Waals surface area contributed by atoms with Crippen molar-refractivity contribution >= 4 is 33.2 Å². The third kappa shape index (κ3) is 3.00. The summed E-state index contributed by atoms with van der Waals surface area (Å²) in [5.41, 5.74) is 2.77. The molecule has 0 bridgehead atoms. The van der Waals surface area contributed by atoms with Crippen molar-refractivity contribution in [3.63, 3.8) is 0 Å². The summed E-state index contributed by atoms with van der Waals surface area (Å²) in [7, 11) is 0. The number of aryl methyl sites for hydroxylation is 1. The first kappa shape index (κ1) is 13.6. The van der Waals surface area contributed by atoms with E-state index in [1.807, 2.05) is 19.9 Å². The molecule has 0 heterocycles. The molecule has 1 rings (SSSR count). The van der Waals surface area contributed by atoms with E-state index in [1.54, 1.807) is 12.1 Å². The summed E-state index contributed by atoms with van der Waals surface area (Å²) >= 11 is 9.52. The third-order valence-electron chi connectivity index (χ3n) is 2.32. The Hall–Kier alpha value is -1.49. The van der Waals surface area contributed by atoms with Crippen molar-refractivity contribution < 1.29 is 0 Å². The molecule has 1 aromatic rings. The maximum atomic E-state index is 8.62. The fourth-order valence-electron chi connectivity index (χ4n) is 1.20. The van der Waals surface area contributed by atoms with Crippen LogP contribution >= 0.6 is 27.5 Å². The van der Waals surface area contributed by atoms with E-state index in [-0.39, 0.29) is 5.57 Å². The molecule has 0 radical (unpaired) electrons. The van der Waals surface area contributed by atoms with Gasteiger partial charge in [0.1, 0.15) is 17.7 Å². The summed E-state index contributed by atoms with van der Waals surface area (Å²) in [6.45, 7) is 3.92. The summed E-state index contributed by atoms with van der Waals surface area (Å²) in [5.74, 6) is 0. The fourth-order valence-corrected chi connectivity index (χ4v) is 2.27. The second-order valence-electron chi connectivity index (χ2n) is 3.42. The second-order valence-corrected chi connectivity index (χ2v) is 4.62. The van der Waals surface area contributed by atoms with Gasteiger partial charge in [-0.15, -0.1) is 0 Å². The van der Waals surface area contributed by atoms with E-state index < -0.39 is 0 Å². The molecule has 1 N–H and O–H groups in total. The highest BCUT2D eigenvalue weighted by Crippen LogP contribution is 2.35. The van der Waals surface area contributed by atoms with Gasteiger partial charge in [0, 0.05) is 10.7 Å². The van der Waals surface area contributed by atoms with Crippen molar-refractivity contribution in [3.8, 4) is 12.1 Å². The molecule has 0 fully saturated rings. The minimum Gasteiger partial charge on any atom is -0.358 e. The van der Waals surface area contributed by atoms with Crippen LogP contribution in [0.5, 0.6) is 0 Å². The van der Waals surface area contributed by atoms with Gasteiger partial charge in [-0.2, -0.15) is 10.5 Å². The lowest BCUT2D eigenvalue weighted by atomic mass is 10.1. The van der Waals surface area contributed by atoms with Crippen LogP contribution in [0.25, 0.3) is 0 Å². The van der Waals surface area contributed by atoms with Crippen molar-refractivity contribution in [1.82, 2.24) is 0 Å². The van der Waals surface area contributed by atoms with E-state index in [4.69, 9.17) is 22.1 Å². The molecule has 5 heteroatoms. The van der Waals surface area contributed by atoms with E-state index in [2.05, 4.69) is 21.2 Å². The van der Waals surface area contributed by atoms with Crippen LogP contribution in [0.2, 0.25) is 5.02 Å². The van der Waals surface area contributed by atoms with E-state index in [0.717, 1.165) is 15.6 Å². The number of halogens is 2. The van der Waals surface area contributed by atoms with E-state index >= 15 is 0 Å². The molecule has 0 atom stereocenters. The highest BCUT2D eigenvalue weighted by atomic mass is 79.9. The first-order valence-corrected chi connectivity index (χ1v) is 5.90. The maximum Gasteiger partial charge on any atom is 0.145 e. The molecule has 0 saturated carbocycles. The van der Waals surface area contributed by atoms with E-state index in [1.165, 1.54) is 6.20 Å². The van der Waals surface area contributed by atoms with Crippen LogP contribution in [0, 0.1) is 36.5 Å². The first-order chi connectivity index (χ1) is 8.01. The van der Waals surface area contributed by atoms with Crippen LogP contribution in [0.3, 0.4) is 0 Å². The van der Waals surface area contributed by atoms with Crippen LogP contribution in [0.1, 0.15) is 11.1 Å². The molecule has 1 aromatic carbocycles. The summed E-state index contributed by atoms with van der Waals surface area (Å²) in [6, 6.07) is 5.36. The standard InChI is InChI=1S/C12H9BrClN3/c1-7-3-10(14)12(11(13)8(7)2)17-6-9(4-15)5-16/h3,6,17H,1-2H3. The molecule has 0 aliphatic rings. The Bertz CT molecular complexity index is 549. The Balaban J connectivity index is 3.18. The molecule has 0 saturated heterocycles. The first-order valence-electron chi connectivity index (χ1n) is 4.73. The van der Waals surface area contributed by atoms with E-state index in [0.29, 0.717) is 10.7 Å². The highest BCUT2D eigenvalue weighted by molar-refractivity contribution is 9.10. The third-order valence-corrected chi connectivity index (χ3v) is 3.61. The smallest absolute Gasteiger partial charge is 0.145 e. The lowest BCUT2D eigenvalue weighted by Gasteiger charge is -2.11. The Kier molecular flexibility index (Phi) is 4.57. The molecule has 3 nitrogen and oxygen atoms in total. The summed E-state index contributed by atoms with van der Waals surface area (Å²) in [5, 5.41) is 20.6. The lowest BCUT2D eigenvalue weighted by molar-refractivity contribution is 1.31. The number of nitrogens with zero attached hydrogens (tertiary/aromatic N) is 2. The van der Waals surface area contributed by atoms with Gasteiger partial charge in [0.15, 0.2) is 0 Å². The van der Waals surface area contributed by atoms with Crippen molar-refractivity contribution in [3.05, 3.63) is 38.5 Å². The van der Waals surface area contributed by atoms with Gasteiger partial charge in [-0.05, 0) is 47.0 Å². The molecular formula is C12H9BrClN3. The normalized spacial score (nSPS) is 9.06. The molecular weight excluding hydrogens is 302 g/mol. The molecule has 0 amide bonds. The number of allylic oxidation sites excluding steroid dienone is 1.